The van der Waals surface area contributed by atoms with E-state index < -0.39 is 11.6 Å². The van der Waals surface area contributed by atoms with Crippen LogP contribution in [0.4, 0.5) is 8.78 Å². The molecule has 16 heavy (non-hydrogen) atoms. The summed E-state index contributed by atoms with van der Waals surface area (Å²) in [4.78, 5) is 0. The first-order chi connectivity index (χ1) is 7.51. The number of benzene rings is 1. The SMILES string of the molecule is CC(C)CC(CN)Cc1cc(F)cc(F)c1. The third-order valence-corrected chi connectivity index (χ3v) is 2.58. The number of halogens is 2. The van der Waals surface area contributed by atoms with Crippen LogP contribution < -0.4 is 5.73 Å². The summed E-state index contributed by atoms with van der Waals surface area (Å²) in [7, 11) is 0. The predicted molar refractivity (Wildman–Crippen MR) is 62.1 cm³/mol. The summed E-state index contributed by atoms with van der Waals surface area (Å²) in [6, 6.07) is 3.65. The highest BCUT2D eigenvalue weighted by Crippen LogP contribution is 2.18. The molecule has 0 bridgehead atoms. The highest BCUT2D eigenvalue weighted by Gasteiger charge is 2.11. The van der Waals surface area contributed by atoms with Crippen molar-refractivity contribution >= 4 is 0 Å². The minimum Gasteiger partial charge on any atom is -0.330 e. The Morgan fingerprint density at radius 1 is 1.12 bits per heavy atom. The van der Waals surface area contributed by atoms with E-state index in [1.165, 1.54) is 12.1 Å². The van der Waals surface area contributed by atoms with Gasteiger partial charge in [0.15, 0.2) is 0 Å². The van der Waals surface area contributed by atoms with Crippen molar-refractivity contribution in [2.45, 2.75) is 26.7 Å². The molecule has 1 atom stereocenters. The van der Waals surface area contributed by atoms with E-state index in [1.807, 2.05) is 0 Å². The monoisotopic (exact) mass is 227 g/mol. The molecule has 90 valence electrons. The lowest BCUT2D eigenvalue weighted by atomic mass is 9.91. The highest BCUT2D eigenvalue weighted by molar-refractivity contribution is 5.18. The maximum Gasteiger partial charge on any atom is 0.126 e. The first-order valence-corrected chi connectivity index (χ1v) is 5.66. The molecule has 0 heterocycles. The lowest BCUT2D eigenvalue weighted by molar-refractivity contribution is 0.413. The molecule has 1 aromatic rings. The van der Waals surface area contributed by atoms with Gasteiger partial charge >= 0.3 is 0 Å². The Morgan fingerprint density at radius 3 is 2.12 bits per heavy atom. The zero-order chi connectivity index (χ0) is 12.1. The second-order valence-electron chi connectivity index (χ2n) is 4.71. The van der Waals surface area contributed by atoms with Gasteiger partial charge in [-0.3, -0.25) is 0 Å². The number of hydrogen-bond donors (Lipinski definition) is 1. The van der Waals surface area contributed by atoms with E-state index in [9.17, 15) is 8.78 Å². The van der Waals surface area contributed by atoms with E-state index in [4.69, 9.17) is 5.73 Å². The Hall–Kier alpha value is -0.960. The Labute approximate surface area is 95.7 Å². The average Bonchev–Trinajstić information content (AvgIpc) is 2.14. The van der Waals surface area contributed by atoms with Crippen LogP contribution in [0.25, 0.3) is 0 Å². The second-order valence-corrected chi connectivity index (χ2v) is 4.71. The molecule has 0 aliphatic carbocycles. The molecule has 3 heteroatoms. The lowest BCUT2D eigenvalue weighted by Crippen LogP contribution is -2.19. The van der Waals surface area contributed by atoms with Gasteiger partial charge in [0.1, 0.15) is 11.6 Å². The normalized spacial score (nSPS) is 13.1. The molecular weight excluding hydrogens is 208 g/mol. The molecule has 1 unspecified atom stereocenters. The number of nitrogens with two attached hydrogens (primary N) is 1. The Morgan fingerprint density at radius 2 is 1.69 bits per heavy atom. The molecule has 0 spiro atoms. The zero-order valence-electron chi connectivity index (χ0n) is 9.84. The van der Waals surface area contributed by atoms with Crippen molar-refractivity contribution in [2.75, 3.05) is 6.54 Å². The van der Waals surface area contributed by atoms with Gasteiger partial charge in [0.05, 0.1) is 0 Å². The topological polar surface area (TPSA) is 26.0 Å². The summed E-state index contributed by atoms with van der Waals surface area (Å²) < 4.78 is 25.9. The van der Waals surface area contributed by atoms with Crippen molar-refractivity contribution in [1.29, 1.82) is 0 Å². The van der Waals surface area contributed by atoms with Crippen LogP contribution in [0, 0.1) is 23.5 Å². The lowest BCUT2D eigenvalue weighted by Gasteiger charge is -2.17. The van der Waals surface area contributed by atoms with Crippen LogP contribution in [0.1, 0.15) is 25.8 Å². The molecule has 0 fully saturated rings. The molecular formula is C13H19F2N. The second kappa shape index (κ2) is 5.94. The number of rotatable bonds is 5. The summed E-state index contributed by atoms with van der Waals surface area (Å²) in [5, 5.41) is 0. The van der Waals surface area contributed by atoms with Gasteiger partial charge in [-0.1, -0.05) is 13.8 Å². The van der Waals surface area contributed by atoms with Gasteiger partial charge in [-0.2, -0.15) is 0 Å². The smallest absolute Gasteiger partial charge is 0.126 e. The van der Waals surface area contributed by atoms with Crippen molar-refractivity contribution in [3.63, 3.8) is 0 Å². The minimum absolute atomic E-state index is 0.293. The summed E-state index contributed by atoms with van der Waals surface area (Å²) in [5.74, 6) is -0.196. The van der Waals surface area contributed by atoms with E-state index in [0.717, 1.165) is 12.5 Å². The molecule has 0 radical (unpaired) electrons. The van der Waals surface area contributed by atoms with Crippen molar-refractivity contribution < 1.29 is 8.78 Å². The van der Waals surface area contributed by atoms with Gasteiger partial charge in [-0.15, -0.1) is 0 Å². The molecule has 2 N–H and O–H groups in total. The van der Waals surface area contributed by atoms with Crippen LogP contribution in [-0.2, 0) is 6.42 Å². The van der Waals surface area contributed by atoms with Crippen molar-refractivity contribution in [2.24, 2.45) is 17.6 Å². The fraction of sp³-hybridized carbons (Fsp3) is 0.538. The van der Waals surface area contributed by atoms with E-state index >= 15 is 0 Å². The molecule has 0 amide bonds. The fourth-order valence-corrected chi connectivity index (χ4v) is 1.99. The van der Waals surface area contributed by atoms with Crippen LogP contribution in [0.15, 0.2) is 18.2 Å². The standard InChI is InChI=1S/C13H19F2N/c1-9(2)3-11(8-16)4-10-5-12(14)7-13(15)6-10/h5-7,9,11H,3-4,8,16H2,1-2H3. The first-order valence-electron chi connectivity index (χ1n) is 5.66. The fourth-order valence-electron chi connectivity index (χ4n) is 1.99. The maximum atomic E-state index is 13.0. The van der Waals surface area contributed by atoms with Crippen LogP contribution in [0.5, 0.6) is 0 Å². The first kappa shape index (κ1) is 13.1. The Bertz CT molecular complexity index is 316. The molecule has 0 aliphatic rings. The molecule has 0 aliphatic heterocycles. The summed E-state index contributed by atoms with van der Waals surface area (Å²) in [6.45, 7) is 4.79. The summed E-state index contributed by atoms with van der Waals surface area (Å²) >= 11 is 0. The summed E-state index contributed by atoms with van der Waals surface area (Å²) in [6.07, 6.45) is 1.62. The van der Waals surface area contributed by atoms with Crippen molar-refractivity contribution in [1.82, 2.24) is 0 Å². The van der Waals surface area contributed by atoms with Gasteiger partial charge in [0, 0.05) is 6.07 Å². The number of hydrogen-bond acceptors (Lipinski definition) is 1. The van der Waals surface area contributed by atoms with Gasteiger partial charge < -0.3 is 5.73 Å². The van der Waals surface area contributed by atoms with Crippen molar-refractivity contribution in [3.8, 4) is 0 Å². The van der Waals surface area contributed by atoms with E-state index in [0.29, 0.717) is 30.4 Å². The quantitative estimate of drug-likeness (QED) is 0.821. The van der Waals surface area contributed by atoms with Gasteiger partial charge in [-0.05, 0) is 48.9 Å². The van der Waals surface area contributed by atoms with E-state index in [1.54, 1.807) is 0 Å². The van der Waals surface area contributed by atoms with Crippen LogP contribution >= 0.6 is 0 Å². The van der Waals surface area contributed by atoms with Crippen LogP contribution in [-0.4, -0.2) is 6.54 Å². The third kappa shape index (κ3) is 4.27. The van der Waals surface area contributed by atoms with Gasteiger partial charge in [0.25, 0.3) is 0 Å². The zero-order valence-corrected chi connectivity index (χ0v) is 9.84. The van der Waals surface area contributed by atoms with Crippen LogP contribution in [0.2, 0.25) is 0 Å². The third-order valence-electron chi connectivity index (χ3n) is 2.58. The average molecular weight is 227 g/mol. The molecule has 0 saturated heterocycles. The van der Waals surface area contributed by atoms with Gasteiger partial charge in [0.2, 0.25) is 0 Å². The molecule has 1 nitrogen and oxygen atoms in total. The molecule has 0 aromatic heterocycles. The largest absolute Gasteiger partial charge is 0.330 e. The van der Waals surface area contributed by atoms with E-state index in [2.05, 4.69) is 13.8 Å². The highest BCUT2D eigenvalue weighted by atomic mass is 19.1. The van der Waals surface area contributed by atoms with Crippen LogP contribution in [0.3, 0.4) is 0 Å². The van der Waals surface area contributed by atoms with E-state index in [-0.39, 0.29) is 0 Å². The molecule has 1 aromatic carbocycles. The minimum atomic E-state index is -0.518. The molecule has 0 saturated carbocycles. The maximum absolute atomic E-state index is 13.0. The Kier molecular flexibility index (Phi) is 4.87. The predicted octanol–water partition coefficient (Wildman–Crippen LogP) is 3.13. The van der Waals surface area contributed by atoms with Gasteiger partial charge in [-0.25, -0.2) is 8.78 Å². The van der Waals surface area contributed by atoms with Crippen molar-refractivity contribution in [3.05, 3.63) is 35.4 Å². The summed E-state index contributed by atoms with van der Waals surface area (Å²) in [5.41, 5.74) is 6.35. The molecule has 1 rings (SSSR count). The Balaban J connectivity index is 2.69.